The minimum atomic E-state index is -0.733. The lowest BCUT2D eigenvalue weighted by molar-refractivity contribution is -0.139. The molecule has 3 aromatic rings. The van der Waals surface area contributed by atoms with Gasteiger partial charge in [0, 0.05) is 11.9 Å². The lowest BCUT2D eigenvalue weighted by Crippen LogP contribution is -2.40. The topological polar surface area (TPSA) is 91.2 Å². The number of fused-ring (bicyclic) bond motifs is 1. The largest absolute Gasteiger partial charge is 0.493 e. The molecule has 4 rings (SSSR count). The quantitative estimate of drug-likeness (QED) is 0.493. The molecule has 0 spiro atoms. The van der Waals surface area contributed by atoms with Crippen molar-refractivity contribution in [2.24, 2.45) is 4.99 Å². The Morgan fingerprint density at radius 1 is 1.08 bits per heavy atom. The minimum absolute atomic E-state index is 0.207. The molecule has 8 nitrogen and oxygen atoms in total. The zero-order valence-corrected chi connectivity index (χ0v) is 22.0. The Kier molecular flexibility index (Phi) is 7.30. The van der Waals surface area contributed by atoms with E-state index in [9.17, 15) is 9.59 Å². The fourth-order valence-electron chi connectivity index (χ4n) is 4.11. The van der Waals surface area contributed by atoms with Crippen LogP contribution < -0.4 is 29.7 Å². The third-order valence-corrected chi connectivity index (χ3v) is 7.10. The molecule has 9 heteroatoms. The monoisotopic (exact) mass is 507 g/mol. The van der Waals surface area contributed by atoms with Gasteiger partial charge in [-0.05, 0) is 68.7 Å². The van der Waals surface area contributed by atoms with Crippen LogP contribution in [0.25, 0.3) is 6.20 Å². The van der Waals surface area contributed by atoms with Gasteiger partial charge in [0.05, 0.1) is 38.1 Å². The molecule has 0 saturated carbocycles. The standard InChI is InChI=1S/C27H29N3O5S/c1-7-35-26(32)23-17(4)29-27-30(24(23)18-9-11-20(33-5)21(13-18)34-6)25(31)22(36-27)14-28-19-10-8-15(2)16(3)12-19/h8-14,24,28H,7H2,1-6H3/b22-14-/t24-/m1/s1. The van der Waals surface area contributed by atoms with Gasteiger partial charge in [-0.15, -0.1) is 0 Å². The molecule has 0 amide bonds. The van der Waals surface area contributed by atoms with E-state index in [0.717, 1.165) is 11.3 Å². The lowest BCUT2D eigenvalue weighted by atomic mass is 9.95. The van der Waals surface area contributed by atoms with Crippen molar-refractivity contribution in [1.82, 2.24) is 4.57 Å². The first-order chi connectivity index (χ1) is 17.3. The predicted octanol–water partition coefficient (Wildman–Crippen LogP) is 3.45. The SMILES string of the molecule is CCOC(=O)C1=C(C)N=c2s/c(=C\Nc3ccc(C)c(C)c3)c(=O)n2[C@@H]1c1ccc(OC)c(OC)c1. The molecule has 2 aromatic carbocycles. The van der Waals surface area contributed by atoms with Crippen LogP contribution in [-0.4, -0.2) is 31.4 Å². The Hall–Kier alpha value is -3.85. The number of aryl methyl sites for hydroxylation is 2. The third kappa shape index (κ3) is 4.66. The summed E-state index contributed by atoms with van der Waals surface area (Å²) >= 11 is 1.26. The van der Waals surface area contributed by atoms with Crippen molar-refractivity contribution in [3.05, 3.63) is 84.0 Å². The van der Waals surface area contributed by atoms with Crippen molar-refractivity contribution >= 4 is 29.2 Å². The number of methoxy groups -OCH3 is 2. The molecule has 36 heavy (non-hydrogen) atoms. The summed E-state index contributed by atoms with van der Waals surface area (Å²) in [5, 5.41) is 3.22. The van der Waals surface area contributed by atoms with E-state index in [1.165, 1.54) is 16.9 Å². The van der Waals surface area contributed by atoms with Crippen molar-refractivity contribution in [1.29, 1.82) is 0 Å². The Balaban J connectivity index is 1.88. The van der Waals surface area contributed by atoms with Gasteiger partial charge >= 0.3 is 5.97 Å². The van der Waals surface area contributed by atoms with Crippen LogP contribution in [0, 0.1) is 13.8 Å². The Bertz CT molecular complexity index is 1530. The fourth-order valence-corrected chi connectivity index (χ4v) is 5.08. The molecule has 0 fully saturated rings. The summed E-state index contributed by atoms with van der Waals surface area (Å²) in [5.41, 5.74) is 4.45. The number of nitrogens with zero attached hydrogens (tertiary/aromatic N) is 2. The number of hydrogen-bond donors (Lipinski definition) is 1. The van der Waals surface area contributed by atoms with Gasteiger partial charge < -0.3 is 19.5 Å². The van der Waals surface area contributed by atoms with Crippen LogP contribution in [0.2, 0.25) is 0 Å². The van der Waals surface area contributed by atoms with E-state index in [2.05, 4.69) is 17.2 Å². The van der Waals surface area contributed by atoms with Crippen molar-refractivity contribution in [2.75, 3.05) is 26.1 Å². The second-order valence-electron chi connectivity index (χ2n) is 8.36. The molecule has 188 valence electrons. The average Bonchev–Trinajstić information content (AvgIpc) is 3.18. The van der Waals surface area contributed by atoms with E-state index in [0.29, 0.717) is 37.7 Å². The number of thiazole rings is 1. The van der Waals surface area contributed by atoms with Gasteiger partial charge in [0.1, 0.15) is 4.53 Å². The zero-order valence-electron chi connectivity index (χ0n) is 21.2. The maximum absolute atomic E-state index is 13.7. The van der Waals surface area contributed by atoms with Gasteiger partial charge in [-0.3, -0.25) is 9.36 Å². The summed E-state index contributed by atoms with van der Waals surface area (Å²) in [6.07, 6.45) is 1.68. The molecule has 0 unspecified atom stereocenters. The number of carbonyl (C=O) groups is 1. The highest BCUT2D eigenvalue weighted by atomic mass is 32.1. The summed E-state index contributed by atoms with van der Waals surface area (Å²) in [6.45, 7) is 7.79. The van der Waals surface area contributed by atoms with E-state index in [-0.39, 0.29) is 12.2 Å². The second-order valence-corrected chi connectivity index (χ2v) is 9.37. The van der Waals surface area contributed by atoms with Gasteiger partial charge in [-0.2, -0.15) is 0 Å². The van der Waals surface area contributed by atoms with Gasteiger partial charge in [0.2, 0.25) is 0 Å². The highest BCUT2D eigenvalue weighted by Gasteiger charge is 2.33. The van der Waals surface area contributed by atoms with Crippen LogP contribution in [-0.2, 0) is 9.53 Å². The van der Waals surface area contributed by atoms with E-state index >= 15 is 0 Å². The molecular formula is C27H29N3O5S. The molecule has 2 heterocycles. The molecule has 1 aliphatic heterocycles. The smallest absolute Gasteiger partial charge is 0.338 e. The van der Waals surface area contributed by atoms with Crippen molar-refractivity contribution in [2.45, 2.75) is 33.7 Å². The van der Waals surface area contributed by atoms with Crippen LogP contribution in [0.4, 0.5) is 5.69 Å². The van der Waals surface area contributed by atoms with Crippen molar-refractivity contribution in [3.8, 4) is 11.5 Å². The minimum Gasteiger partial charge on any atom is -0.493 e. The van der Waals surface area contributed by atoms with E-state index in [1.807, 2.05) is 31.2 Å². The van der Waals surface area contributed by atoms with Crippen LogP contribution >= 0.6 is 11.3 Å². The number of anilines is 1. The summed E-state index contributed by atoms with van der Waals surface area (Å²) in [7, 11) is 3.09. The molecule has 0 saturated heterocycles. The number of carbonyl (C=O) groups excluding carboxylic acids is 1. The van der Waals surface area contributed by atoms with E-state index < -0.39 is 12.0 Å². The number of aromatic nitrogens is 1. The maximum Gasteiger partial charge on any atom is 0.338 e. The zero-order chi connectivity index (χ0) is 26.0. The number of rotatable bonds is 7. The van der Waals surface area contributed by atoms with Crippen molar-refractivity contribution in [3.63, 3.8) is 0 Å². The molecule has 1 atom stereocenters. The highest BCUT2D eigenvalue weighted by Crippen LogP contribution is 2.36. The number of esters is 1. The van der Waals surface area contributed by atoms with Crippen molar-refractivity contribution < 1.29 is 19.0 Å². The Morgan fingerprint density at radius 2 is 1.83 bits per heavy atom. The molecule has 1 aromatic heterocycles. The van der Waals surface area contributed by atoms with Gasteiger partial charge in [-0.1, -0.05) is 23.5 Å². The first-order valence-electron chi connectivity index (χ1n) is 11.5. The lowest BCUT2D eigenvalue weighted by Gasteiger charge is -2.25. The van der Waals surface area contributed by atoms with Gasteiger partial charge in [-0.25, -0.2) is 9.79 Å². The highest BCUT2D eigenvalue weighted by molar-refractivity contribution is 7.07. The first-order valence-corrected chi connectivity index (χ1v) is 12.3. The molecule has 0 bridgehead atoms. The molecule has 0 aliphatic carbocycles. The maximum atomic E-state index is 13.7. The number of ether oxygens (including phenoxy) is 3. The van der Waals surface area contributed by atoms with Gasteiger partial charge in [0.25, 0.3) is 5.56 Å². The van der Waals surface area contributed by atoms with E-state index in [1.54, 1.807) is 51.0 Å². The molecule has 1 aliphatic rings. The van der Waals surface area contributed by atoms with E-state index in [4.69, 9.17) is 14.2 Å². The van der Waals surface area contributed by atoms with Crippen LogP contribution in [0.15, 0.2) is 57.5 Å². The fraction of sp³-hybridized carbons (Fsp3) is 0.296. The normalized spacial score (nSPS) is 15.3. The second kappa shape index (κ2) is 10.4. The third-order valence-electron chi connectivity index (χ3n) is 6.12. The molecule has 0 radical (unpaired) electrons. The Labute approximate surface area is 213 Å². The first kappa shape index (κ1) is 25.2. The van der Waals surface area contributed by atoms with Gasteiger partial charge in [0.15, 0.2) is 16.3 Å². The molecular weight excluding hydrogens is 478 g/mol. The van der Waals surface area contributed by atoms with Crippen LogP contribution in [0.3, 0.4) is 0 Å². The number of benzene rings is 2. The summed E-state index contributed by atoms with van der Waals surface area (Å²) in [4.78, 5) is 31.8. The average molecular weight is 508 g/mol. The number of hydrogen-bond acceptors (Lipinski definition) is 8. The van der Waals surface area contributed by atoms with Crippen LogP contribution in [0.5, 0.6) is 11.5 Å². The number of allylic oxidation sites excluding steroid dienone is 1. The number of nitrogens with one attached hydrogen (secondary N) is 1. The van der Waals surface area contributed by atoms with Crippen LogP contribution in [0.1, 0.15) is 36.6 Å². The Morgan fingerprint density at radius 3 is 2.50 bits per heavy atom. The molecule has 1 N–H and O–H groups in total. The summed E-state index contributed by atoms with van der Waals surface area (Å²) in [6, 6.07) is 10.6. The predicted molar refractivity (Wildman–Crippen MR) is 140 cm³/mol. The summed E-state index contributed by atoms with van der Waals surface area (Å²) in [5.74, 6) is 0.525. The summed E-state index contributed by atoms with van der Waals surface area (Å²) < 4.78 is 18.2.